The van der Waals surface area contributed by atoms with Gasteiger partial charge in [0.2, 0.25) is 0 Å². The van der Waals surface area contributed by atoms with E-state index in [1.54, 1.807) is 29.2 Å². The molecule has 6 rings (SSSR count). The van der Waals surface area contributed by atoms with Gasteiger partial charge in [0.1, 0.15) is 0 Å². The van der Waals surface area contributed by atoms with Gasteiger partial charge in [-0.05, 0) is 72.6 Å². The van der Waals surface area contributed by atoms with Crippen LogP contribution in [0.1, 0.15) is 48.2 Å². The number of allylic oxidation sites excluding steroid dienone is 1. The van der Waals surface area contributed by atoms with Gasteiger partial charge in [-0.1, -0.05) is 37.1 Å². The van der Waals surface area contributed by atoms with Crippen molar-refractivity contribution in [1.82, 2.24) is 14.7 Å². The summed E-state index contributed by atoms with van der Waals surface area (Å²) in [6, 6.07) is 7.48. The Balaban J connectivity index is 1.23. The van der Waals surface area contributed by atoms with Gasteiger partial charge in [0.05, 0.1) is 11.1 Å². The Morgan fingerprint density at radius 3 is 2.09 bits per heavy atom. The van der Waals surface area contributed by atoms with Crippen LogP contribution in [0.15, 0.2) is 54.1 Å². The van der Waals surface area contributed by atoms with E-state index in [9.17, 15) is 35.9 Å². The lowest BCUT2D eigenvalue weighted by Gasteiger charge is -2.57. The van der Waals surface area contributed by atoms with Gasteiger partial charge in [-0.2, -0.15) is 26.3 Å². The van der Waals surface area contributed by atoms with Crippen molar-refractivity contribution in [2.45, 2.75) is 39.0 Å². The number of amides is 3. The van der Waals surface area contributed by atoms with E-state index in [-0.39, 0.29) is 30.6 Å². The summed E-state index contributed by atoms with van der Waals surface area (Å²) in [6.45, 7) is 6.79. The van der Waals surface area contributed by atoms with Gasteiger partial charge in [-0.3, -0.25) is 9.69 Å². The van der Waals surface area contributed by atoms with Crippen molar-refractivity contribution in [3.8, 4) is 0 Å². The molecular weight excluding hydrogens is 622 g/mol. The molecule has 2 unspecified atom stereocenters. The first-order valence-electron chi connectivity index (χ1n) is 14.8. The van der Waals surface area contributed by atoms with Gasteiger partial charge in [0, 0.05) is 62.1 Å². The molecule has 2 fully saturated rings. The zero-order valence-corrected chi connectivity index (χ0v) is 25.7. The van der Waals surface area contributed by atoms with E-state index in [0.717, 1.165) is 12.8 Å². The number of alkyl halides is 6. The predicted molar refractivity (Wildman–Crippen MR) is 159 cm³/mol. The fraction of sp³-hybridized carbons (Fsp3) is 0.500. The van der Waals surface area contributed by atoms with E-state index in [0.29, 0.717) is 67.4 Å². The number of carbonyl (C=O) groups excluding carboxylic acids is 2. The van der Waals surface area contributed by atoms with Crippen molar-refractivity contribution >= 4 is 29.2 Å². The highest BCUT2D eigenvalue weighted by Gasteiger charge is 2.51. The maximum Gasteiger partial charge on any atom is 0.416 e. The number of fused-ring (bicyclic) bond motifs is 1. The van der Waals surface area contributed by atoms with Crippen molar-refractivity contribution in [3.05, 3.63) is 75.8 Å². The Kier molecular flexibility index (Phi) is 9.21. The second-order valence-corrected chi connectivity index (χ2v) is 13.0. The third-order valence-electron chi connectivity index (χ3n) is 9.52. The molecule has 1 heterocycles. The average molecular weight is 657 g/mol. The third-order valence-corrected chi connectivity index (χ3v) is 9.77. The summed E-state index contributed by atoms with van der Waals surface area (Å²) in [4.78, 5) is 31.5. The molecule has 4 aliphatic rings. The van der Waals surface area contributed by atoms with Crippen molar-refractivity contribution in [2.24, 2.45) is 17.3 Å². The van der Waals surface area contributed by atoms with Gasteiger partial charge < -0.3 is 15.1 Å². The number of halogens is 7. The van der Waals surface area contributed by atoms with Crippen LogP contribution in [0.5, 0.6) is 0 Å². The average Bonchev–Trinajstić information content (AvgIpc) is 2.99. The molecule has 0 radical (unpaired) electrons. The van der Waals surface area contributed by atoms with Crippen molar-refractivity contribution in [1.29, 1.82) is 0 Å². The molecule has 2 atom stereocenters. The molecule has 2 bridgehead atoms. The number of piperazine rings is 1. The number of carbonyl (C=O) groups is 2. The summed E-state index contributed by atoms with van der Waals surface area (Å²) in [6.07, 6.45) is -5.74. The van der Waals surface area contributed by atoms with Crippen LogP contribution in [-0.2, 0) is 12.4 Å². The first kappa shape index (κ1) is 33.1. The smallest absolute Gasteiger partial charge is 0.336 e. The maximum absolute atomic E-state index is 13.4. The molecule has 2 aromatic rings. The Bertz CT molecular complexity index is 1420. The highest BCUT2D eigenvalue weighted by atomic mass is 35.5. The molecule has 244 valence electrons. The van der Waals surface area contributed by atoms with Crippen LogP contribution in [0.25, 0.3) is 0 Å². The molecule has 45 heavy (non-hydrogen) atoms. The second kappa shape index (κ2) is 12.5. The van der Waals surface area contributed by atoms with Crippen molar-refractivity contribution < 1.29 is 35.9 Å². The summed E-state index contributed by atoms with van der Waals surface area (Å²) >= 11 is 5.99. The van der Waals surface area contributed by atoms with Crippen LogP contribution in [0, 0.1) is 17.3 Å². The number of nitrogens with one attached hydrogen (secondary N) is 1. The summed E-state index contributed by atoms with van der Waals surface area (Å²) in [5.74, 6) is 0.170. The maximum atomic E-state index is 13.4. The Labute approximate surface area is 263 Å². The van der Waals surface area contributed by atoms with Crippen LogP contribution >= 0.6 is 11.6 Å². The fourth-order valence-electron chi connectivity index (χ4n) is 6.56. The molecular formula is C32H35ClF6N4O2. The van der Waals surface area contributed by atoms with E-state index in [2.05, 4.69) is 25.2 Å². The first-order chi connectivity index (χ1) is 21.0. The third kappa shape index (κ3) is 7.43. The molecule has 3 amide bonds. The van der Waals surface area contributed by atoms with Gasteiger partial charge in [-0.25, -0.2) is 4.79 Å². The van der Waals surface area contributed by atoms with Crippen molar-refractivity contribution in [3.63, 3.8) is 0 Å². The number of benzene rings is 2. The molecule has 1 N–H and O–H groups in total. The van der Waals surface area contributed by atoms with Crippen LogP contribution in [0.3, 0.4) is 0 Å². The Morgan fingerprint density at radius 2 is 1.56 bits per heavy atom. The van der Waals surface area contributed by atoms with Crippen LogP contribution in [0.2, 0.25) is 5.02 Å². The fourth-order valence-corrected chi connectivity index (χ4v) is 6.69. The minimum absolute atomic E-state index is 0.0111. The minimum Gasteiger partial charge on any atom is -0.336 e. The van der Waals surface area contributed by atoms with E-state index in [1.807, 2.05) is 4.90 Å². The lowest BCUT2D eigenvalue weighted by Crippen LogP contribution is -2.52. The topological polar surface area (TPSA) is 55.9 Å². The molecule has 2 aromatic carbocycles. The number of rotatable bonds is 7. The summed E-state index contributed by atoms with van der Waals surface area (Å²) in [5, 5.41) is 3.48. The van der Waals surface area contributed by atoms with Crippen LogP contribution < -0.4 is 5.32 Å². The lowest BCUT2D eigenvalue weighted by molar-refractivity contribution is -0.143. The largest absolute Gasteiger partial charge is 0.416 e. The van der Waals surface area contributed by atoms with Gasteiger partial charge in [0.15, 0.2) is 0 Å². The SMILES string of the molecule is CC1(C)C2CC=C(CN(CCN3CCN(C(=O)c4cc(C(F)(F)F)cc(C(F)(F)F)c4)CC3)C(=O)Nc3ccc(Cl)cc3)C1C2. The second-order valence-electron chi connectivity index (χ2n) is 12.6. The standard InChI is InChI=1S/C32H35ClF6N4O2/c1-30(2)22-4-3-20(27(30)18-22)19-43(29(45)40-26-7-5-25(33)6-8-26)14-11-41-9-12-42(13-10-41)28(44)21-15-23(31(34,35)36)17-24(16-21)32(37,38)39/h3,5-8,15-17,22,27H,4,9-14,18-19H2,1-2H3,(H,40,45). The minimum atomic E-state index is -5.04. The normalized spacial score (nSPS) is 21.5. The van der Waals surface area contributed by atoms with E-state index in [4.69, 9.17) is 11.6 Å². The monoisotopic (exact) mass is 656 g/mol. The number of anilines is 1. The number of urea groups is 1. The molecule has 1 aliphatic heterocycles. The summed E-state index contributed by atoms with van der Waals surface area (Å²) in [5.41, 5.74) is -1.67. The predicted octanol–water partition coefficient (Wildman–Crippen LogP) is 7.66. The molecule has 3 aliphatic carbocycles. The number of hydrogen-bond acceptors (Lipinski definition) is 3. The zero-order chi connectivity index (χ0) is 32.7. The molecule has 1 saturated heterocycles. The quantitative estimate of drug-likeness (QED) is 0.246. The van der Waals surface area contributed by atoms with Crippen molar-refractivity contribution in [2.75, 3.05) is 51.1 Å². The highest BCUT2D eigenvalue weighted by Crippen LogP contribution is 2.59. The van der Waals surface area contributed by atoms with E-state index < -0.39 is 35.0 Å². The molecule has 1 saturated carbocycles. The summed E-state index contributed by atoms with van der Waals surface area (Å²) in [7, 11) is 0. The molecule has 13 heteroatoms. The Hall–Kier alpha value is -3.25. The van der Waals surface area contributed by atoms with Crippen LogP contribution in [0.4, 0.5) is 36.8 Å². The number of nitrogens with zero attached hydrogens (tertiary/aromatic N) is 3. The molecule has 6 nitrogen and oxygen atoms in total. The number of hydrogen-bond donors (Lipinski definition) is 1. The van der Waals surface area contributed by atoms with Gasteiger partial charge >= 0.3 is 18.4 Å². The summed E-state index contributed by atoms with van der Waals surface area (Å²) < 4.78 is 79.8. The lowest BCUT2D eigenvalue weighted by atomic mass is 9.49. The zero-order valence-electron chi connectivity index (χ0n) is 24.9. The van der Waals surface area contributed by atoms with Gasteiger partial charge in [0.25, 0.3) is 5.91 Å². The highest BCUT2D eigenvalue weighted by molar-refractivity contribution is 6.30. The molecule has 0 spiro atoms. The molecule has 0 aromatic heterocycles. The first-order valence-corrected chi connectivity index (χ1v) is 15.2. The van der Waals surface area contributed by atoms with E-state index >= 15 is 0 Å². The van der Waals surface area contributed by atoms with Crippen LogP contribution in [-0.4, -0.2) is 72.5 Å². The van der Waals surface area contributed by atoms with Gasteiger partial charge in [-0.15, -0.1) is 0 Å². The van der Waals surface area contributed by atoms with E-state index in [1.165, 1.54) is 10.5 Å². The Morgan fingerprint density at radius 1 is 0.956 bits per heavy atom.